The highest BCUT2D eigenvalue weighted by molar-refractivity contribution is 7.12. The summed E-state index contributed by atoms with van der Waals surface area (Å²) >= 11 is 1.54. The monoisotopic (exact) mass is 350 g/mol. The first kappa shape index (κ1) is 15.7. The minimum absolute atomic E-state index is 0.000757. The maximum atomic E-state index is 12.1. The van der Waals surface area contributed by atoms with Gasteiger partial charge in [0.05, 0.1) is 12.1 Å². The average Bonchev–Trinajstić information content (AvgIpc) is 3.35. The van der Waals surface area contributed by atoms with Gasteiger partial charge in [0.15, 0.2) is 5.13 Å². The Balaban J connectivity index is 1.31. The third-order valence-corrected chi connectivity index (χ3v) is 4.96. The van der Waals surface area contributed by atoms with Crippen LogP contribution in [0, 0.1) is 0 Å². The van der Waals surface area contributed by atoms with Gasteiger partial charge in [0.25, 0.3) is 0 Å². The second kappa shape index (κ2) is 6.94. The minimum atomic E-state index is 0.000757. The zero-order chi connectivity index (χ0) is 17.1. The Bertz CT molecular complexity index is 984. The van der Waals surface area contributed by atoms with Crippen LogP contribution in [0.5, 0.6) is 0 Å². The number of nitrogens with one attached hydrogen (secondary N) is 1. The minimum Gasteiger partial charge on any atom is -0.354 e. The summed E-state index contributed by atoms with van der Waals surface area (Å²) in [7, 11) is 0. The van der Waals surface area contributed by atoms with Crippen LogP contribution in [-0.2, 0) is 17.8 Å². The zero-order valence-electron chi connectivity index (χ0n) is 13.6. The molecule has 0 saturated heterocycles. The van der Waals surface area contributed by atoms with Gasteiger partial charge in [-0.2, -0.15) is 0 Å². The molecule has 0 aliphatic rings. The lowest BCUT2D eigenvalue weighted by molar-refractivity contribution is -0.120. The molecule has 4 rings (SSSR count). The SMILES string of the molecule is O=C(Cc1csc(-n2cccc2)n1)NCCn1ccc2ccccc21. The quantitative estimate of drug-likeness (QED) is 0.580. The molecule has 3 aromatic heterocycles. The molecule has 1 N–H and O–H groups in total. The van der Waals surface area contributed by atoms with Gasteiger partial charge in [-0.15, -0.1) is 11.3 Å². The number of amides is 1. The number of carbonyl (C=O) groups is 1. The van der Waals surface area contributed by atoms with Gasteiger partial charge < -0.3 is 14.5 Å². The zero-order valence-corrected chi connectivity index (χ0v) is 14.4. The lowest BCUT2D eigenvalue weighted by Crippen LogP contribution is -2.28. The van der Waals surface area contributed by atoms with E-state index in [4.69, 9.17) is 0 Å². The van der Waals surface area contributed by atoms with Crippen LogP contribution in [-0.4, -0.2) is 26.6 Å². The van der Waals surface area contributed by atoms with Crippen LogP contribution in [0.2, 0.25) is 0 Å². The molecule has 1 aromatic carbocycles. The number of hydrogen-bond acceptors (Lipinski definition) is 3. The molecule has 0 aliphatic carbocycles. The van der Waals surface area contributed by atoms with E-state index in [0.29, 0.717) is 13.0 Å². The second-order valence-electron chi connectivity index (χ2n) is 5.81. The Hall–Kier alpha value is -2.86. The van der Waals surface area contributed by atoms with Crippen LogP contribution in [0.3, 0.4) is 0 Å². The second-order valence-corrected chi connectivity index (χ2v) is 6.64. The first-order valence-corrected chi connectivity index (χ1v) is 9.06. The summed E-state index contributed by atoms with van der Waals surface area (Å²) in [6, 6.07) is 14.3. The summed E-state index contributed by atoms with van der Waals surface area (Å²) in [5.74, 6) is 0.000757. The molecule has 0 fully saturated rings. The molecular weight excluding hydrogens is 332 g/mol. The summed E-state index contributed by atoms with van der Waals surface area (Å²) in [4.78, 5) is 16.6. The van der Waals surface area contributed by atoms with Gasteiger partial charge in [-0.1, -0.05) is 18.2 Å². The van der Waals surface area contributed by atoms with E-state index in [9.17, 15) is 4.79 Å². The number of para-hydroxylation sites is 1. The number of rotatable bonds is 6. The molecule has 0 aliphatic heterocycles. The lowest BCUT2D eigenvalue weighted by Gasteiger charge is -2.07. The highest BCUT2D eigenvalue weighted by Gasteiger charge is 2.08. The van der Waals surface area contributed by atoms with Crippen LogP contribution in [0.25, 0.3) is 16.0 Å². The van der Waals surface area contributed by atoms with E-state index in [0.717, 1.165) is 17.4 Å². The lowest BCUT2D eigenvalue weighted by atomic mass is 10.2. The molecule has 1 amide bonds. The summed E-state index contributed by atoms with van der Waals surface area (Å²) < 4.78 is 4.10. The third kappa shape index (κ3) is 3.49. The molecular formula is C19H18N4OS. The largest absolute Gasteiger partial charge is 0.354 e. The molecule has 126 valence electrons. The molecule has 0 spiro atoms. The number of thiazole rings is 1. The fraction of sp³-hybridized carbons (Fsp3) is 0.158. The Morgan fingerprint density at radius 1 is 1.08 bits per heavy atom. The van der Waals surface area contributed by atoms with Gasteiger partial charge in [-0.25, -0.2) is 4.98 Å². The molecule has 25 heavy (non-hydrogen) atoms. The number of carbonyl (C=O) groups excluding carboxylic acids is 1. The maximum Gasteiger partial charge on any atom is 0.226 e. The summed E-state index contributed by atoms with van der Waals surface area (Å²) in [5.41, 5.74) is 1.99. The van der Waals surface area contributed by atoms with E-state index < -0.39 is 0 Å². The van der Waals surface area contributed by atoms with Crippen molar-refractivity contribution in [1.29, 1.82) is 0 Å². The molecule has 0 unspecified atom stereocenters. The highest BCUT2D eigenvalue weighted by atomic mass is 32.1. The standard InChI is InChI=1S/C19H18N4OS/c24-18(13-16-14-25-19(21-16)23-9-3-4-10-23)20-8-12-22-11-7-15-5-1-2-6-17(15)22/h1-7,9-11,14H,8,12-13H2,(H,20,24). The van der Waals surface area contributed by atoms with E-state index in [2.05, 4.69) is 39.3 Å². The summed E-state index contributed by atoms with van der Waals surface area (Å²) in [5, 5.41) is 7.01. The van der Waals surface area contributed by atoms with Crippen molar-refractivity contribution in [3.05, 3.63) is 72.1 Å². The van der Waals surface area contributed by atoms with Gasteiger partial charge in [-0.05, 0) is 29.7 Å². The normalized spacial score (nSPS) is 11.0. The summed E-state index contributed by atoms with van der Waals surface area (Å²) in [6.45, 7) is 1.36. The molecule has 3 heterocycles. The third-order valence-electron chi connectivity index (χ3n) is 4.06. The number of benzene rings is 1. The smallest absolute Gasteiger partial charge is 0.226 e. The van der Waals surface area contributed by atoms with E-state index in [-0.39, 0.29) is 5.91 Å². The first-order valence-electron chi connectivity index (χ1n) is 8.18. The Morgan fingerprint density at radius 2 is 1.92 bits per heavy atom. The predicted molar refractivity (Wildman–Crippen MR) is 100 cm³/mol. The fourth-order valence-electron chi connectivity index (χ4n) is 2.84. The van der Waals surface area contributed by atoms with Crippen molar-refractivity contribution >= 4 is 28.1 Å². The molecule has 0 bridgehead atoms. The molecule has 0 radical (unpaired) electrons. The Labute approximate surface area is 149 Å². The molecule has 6 heteroatoms. The van der Waals surface area contributed by atoms with Crippen molar-refractivity contribution in [2.45, 2.75) is 13.0 Å². The van der Waals surface area contributed by atoms with Crippen LogP contribution in [0.1, 0.15) is 5.69 Å². The summed E-state index contributed by atoms with van der Waals surface area (Å²) in [6.07, 6.45) is 6.26. The highest BCUT2D eigenvalue weighted by Crippen LogP contribution is 2.16. The van der Waals surface area contributed by atoms with Crippen molar-refractivity contribution in [2.24, 2.45) is 0 Å². The number of fused-ring (bicyclic) bond motifs is 1. The van der Waals surface area contributed by atoms with Crippen LogP contribution < -0.4 is 5.32 Å². The Kier molecular flexibility index (Phi) is 4.35. The topological polar surface area (TPSA) is 51.9 Å². The van der Waals surface area contributed by atoms with Crippen molar-refractivity contribution in [2.75, 3.05) is 6.54 Å². The number of aromatic nitrogens is 3. The molecule has 0 saturated carbocycles. The van der Waals surface area contributed by atoms with E-state index in [1.54, 1.807) is 11.3 Å². The van der Waals surface area contributed by atoms with Crippen molar-refractivity contribution in [1.82, 2.24) is 19.4 Å². The fourth-order valence-corrected chi connectivity index (χ4v) is 3.63. The van der Waals surface area contributed by atoms with Crippen molar-refractivity contribution in [3.63, 3.8) is 0 Å². The first-order chi connectivity index (χ1) is 12.3. The number of nitrogens with zero attached hydrogens (tertiary/aromatic N) is 3. The Morgan fingerprint density at radius 3 is 2.80 bits per heavy atom. The van der Waals surface area contributed by atoms with E-state index in [1.165, 1.54) is 10.9 Å². The maximum absolute atomic E-state index is 12.1. The molecule has 0 atom stereocenters. The van der Waals surface area contributed by atoms with E-state index in [1.807, 2.05) is 46.6 Å². The van der Waals surface area contributed by atoms with Crippen LogP contribution in [0.4, 0.5) is 0 Å². The van der Waals surface area contributed by atoms with Gasteiger partial charge in [-0.3, -0.25) is 4.79 Å². The van der Waals surface area contributed by atoms with Gasteiger partial charge in [0.1, 0.15) is 0 Å². The van der Waals surface area contributed by atoms with Crippen molar-refractivity contribution < 1.29 is 4.79 Å². The predicted octanol–water partition coefficient (Wildman–Crippen LogP) is 3.25. The average molecular weight is 350 g/mol. The molecule has 5 nitrogen and oxygen atoms in total. The molecule has 4 aromatic rings. The van der Waals surface area contributed by atoms with Gasteiger partial charge >= 0.3 is 0 Å². The van der Waals surface area contributed by atoms with Gasteiger partial charge in [0.2, 0.25) is 5.91 Å². The van der Waals surface area contributed by atoms with Gasteiger partial charge in [0, 0.05) is 42.6 Å². The van der Waals surface area contributed by atoms with Crippen molar-refractivity contribution in [3.8, 4) is 5.13 Å². The van der Waals surface area contributed by atoms with Crippen LogP contribution in [0.15, 0.2) is 66.4 Å². The van der Waals surface area contributed by atoms with Crippen LogP contribution >= 0.6 is 11.3 Å². The van der Waals surface area contributed by atoms with E-state index >= 15 is 0 Å². The number of hydrogen-bond donors (Lipinski definition) is 1.